The van der Waals surface area contributed by atoms with Gasteiger partial charge in [0.2, 0.25) is 0 Å². The van der Waals surface area contributed by atoms with Gasteiger partial charge in [-0.05, 0) is 68.2 Å². The first kappa shape index (κ1) is 24.6. The summed E-state index contributed by atoms with van der Waals surface area (Å²) < 4.78 is 0. The zero-order valence-corrected chi connectivity index (χ0v) is 20.9. The molecular formula is C28H34BrP. The molecule has 3 rings (SSSR count). The van der Waals surface area contributed by atoms with Gasteiger partial charge in [0.25, 0.3) is 0 Å². The second-order valence-electron chi connectivity index (χ2n) is 8.34. The Bertz CT molecular complexity index is 789. The SMILES string of the molecule is CC(=CC[P+](c1ccccc1)(c1ccccc1)c1ccccc1)CCCC(C)C.[Br-]. The Kier molecular flexibility index (Phi) is 10.0. The number of benzene rings is 3. The summed E-state index contributed by atoms with van der Waals surface area (Å²) in [5, 5.41) is 4.39. The summed E-state index contributed by atoms with van der Waals surface area (Å²) in [5.41, 5.74) is 1.53. The lowest BCUT2D eigenvalue weighted by Crippen LogP contribution is -3.00. The molecule has 0 aliphatic rings. The highest BCUT2D eigenvalue weighted by atomic mass is 79.9. The maximum Gasteiger partial charge on any atom is 0.115 e. The normalized spacial score (nSPS) is 11.9. The van der Waals surface area contributed by atoms with Crippen molar-refractivity contribution < 1.29 is 17.0 Å². The minimum atomic E-state index is -1.73. The van der Waals surface area contributed by atoms with E-state index in [0.29, 0.717) is 0 Å². The summed E-state index contributed by atoms with van der Waals surface area (Å²) in [6, 6.07) is 33.5. The molecule has 2 heteroatoms. The standard InChI is InChI=1S/C28H34P.BrH/c1-24(2)14-13-15-25(3)22-23-29(26-16-7-4-8-17-26,27-18-9-5-10-19-27)28-20-11-6-12-21-28;/h4-12,16-22,24H,13-15,23H2,1-3H3;1H/q+1;/p-1. The molecule has 158 valence electrons. The van der Waals surface area contributed by atoms with E-state index in [1.807, 2.05) is 0 Å². The third-order valence-corrected chi connectivity index (χ3v) is 9.93. The van der Waals surface area contributed by atoms with Crippen LogP contribution in [0.3, 0.4) is 0 Å². The largest absolute Gasteiger partial charge is 1.00 e. The molecule has 0 nitrogen and oxygen atoms in total. The molecular weight excluding hydrogens is 447 g/mol. The van der Waals surface area contributed by atoms with Crippen LogP contribution in [0.15, 0.2) is 103 Å². The van der Waals surface area contributed by atoms with Crippen molar-refractivity contribution in [3.05, 3.63) is 103 Å². The summed E-state index contributed by atoms with van der Waals surface area (Å²) >= 11 is 0. The first-order valence-corrected chi connectivity index (χ1v) is 12.8. The lowest BCUT2D eigenvalue weighted by molar-refractivity contribution is -0.00000606. The zero-order chi connectivity index (χ0) is 20.5. The van der Waals surface area contributed by atoms with Gasteiger partial charge in [0.05, 0.1) is 6.16 Å². The van der Waals surface area contributed by atoms with Gasteiger partial charge in [-0.25, -0.2) is 0 Å². The minimum absolute atomic E-state index is 0. The molecule has 0 fully saturated rings. The Hall–Kier alpha value is -1.69. The van der Waals surface area contributed by atoms with Crippen molar-refractivity contribution in [2.75, 3.05) is 6.16 Å². The highest BCUT2D eigenvalue weighted by molar-refractivity contribution is 7.95. The van der Waals surface area contributed by atoms with E-state index >= 15 is 0 Å². The minimum Gasteiger partial charge on any atom is -1.00 e. The second kappa shape index (κ2) is 12.2. The number of halogens is 1. The molecule has 0 amide bonds. The monoisotopic (exact) mass is 480 g/mol. The molecule has 0 N–H and O–H groups in total. The number of hydrogen-bond donors (Lipinski definition) is 0. The van der Waals surface area contributed by atoms with Gasteiger partial charge in [-0.1, -0.05) is 80.4 Å². The molecule has 0 saturated heterocycles. The van der Waals surface area contributed by atoms with Gasteiger partial charge >= 0.3 is 0 Å². The summed E-state index contributed by atoms with van der Waals surface area (Å²) in [7, 11) is -1.73. The fourth-order valence-corrected chi connectivity index (χ4v) is 8.15. The van der Waals surface area contributed by atoms with Crippen LogP contribution in [0.5, 0.6) is 0 Å². The van der Waals surface area contributed by atoms with Crippen LogP contribution in [-0.2, 0) is 0 Å². The van der Waals surface area contributed by atoms with Crippen molar-refractivity contribution >= 4 is 23.2 Å². The lowest BCUT2D eigenvalue weighted by atomic mass is 10.0. The van der Waals surface area contributed by atoms with Crippen LogP contribution in [0.4, 0.5) is 0 Å². The Morgan fingerprint density at radius 1 is 0.733 bits per heavy atom. The van der Waals surface area contributed by atoms with E-state index in [9.17, 15) is 0 Å². The van der Waals surface area contributed by atoms with Crippen molar-refractivity contribution in [1.82, 2.24) is 0 Å². The zero-order valence-electron chi connectivity index (χ0n) is 18.5. The van der Waals surface area contributed by atoms with Gasteiger partial charge < -0.3 is 17.0 Å². The number of allylic oxidation sites excluding steroid dienone is 2. The molecule has 0 unspecified atom stereocenters. The number of hydrogen-bond acceptors (Lipinski definition) is 0. The number of rotatable bonds is 9. The van der Waals surface area contributed by atoms with E-state index < -0.39 is 7.26 Å². The molecule has 3 aromatic carbocycles. The van der Waals surface area contributed by atoms with Gasteiger partial charge in [0, 0.05) is 0 Å². The molecule has 0 spiro atoms. The summed E-state index contributed by atoms with van der Waals surface area (Å²) in [4.78, 5) is 0. The fraction of sp³-hybridized carbons (Fsp3) is 0.286. The highest BCUT2D eigenvalue weighted by Crippen LogP contribution is 2.55. The van der Waals surface area contributed by atoms with Crippen LogP contribution in [0.2, 0.25) is 0 Å². The van der Waals surface area contributed by atoms with Crippen LogP contribution >= 0.6 is 7.26 Å². The maximum absolute atomic E-state index is 2.53. The van der Waals surface area contributed by atoms with Crippen LogP contribution in [0, 0.1) is 5.92 Å². The predicted octanol–water partition coefficient (Wildman–Crippen LogP) is 3.76. The fourth-order valence-electron chi connectivity index (χ4n) is 3.99. The predicted molar refractivity (Wildman–Crippen MR) is 132 cm³/mol. The lowest BCUT2D eigenvalue weighted by Gasteiger charge is -2.27. The second-order valence-corrected chi connectivity index (χ2v) is 11.9. The average molecular weight is 481 g/mol. The van der Waals surface area contributed by atoms with E-state index in [0.717, 1.165) is 12.1 Å². The molecule has 0 radical (unpaired) electrons. The average Bonchev–Trinajstić information content (AvgIpc) is 2.76. The maximum atomic E-state index is 2.53. The molecule has 0 aromatic heterocycles. The highest BCUT2D eigenvalue weighted by Gasteiger charge is 2.44. The van der Waals surface area contributed by atoms with Gasteiger partial charge in [0.1, 0.15) is 23.2 Å². The van der Waals surface area contributed by atoms with E-state index in [2.05, 4.69) is 118 Å². The Labute approximate surface area is 194 Å². The summed E-state index contributed by atoms with van der Waals surface area (Å²) in [6.07, 6.45) is 7.41. The third-order valence-electron chi connectivity index (χ3n) is 5.66. The molecule has 30 heavy (non-hydrogen) atoms. The molecule has 0 bridgehead atoms. The van der Waals surface area contributed by atoms with Gasteiger partial charge in [-0.2, -0.15) is 0 Å². The molecule has 0 aliphatic carbocycles. The van der Waals surface area contributed by atoms with Crippen molar-refractivity contribution in [1.29, 1.82) is 0 Å². The Morgan fingerprint density at radius 3 is 1.50 bits per heavy atom. The first-order chi connectivity index (χ1) is 14.1. The quantitative estimate of drug-likeness (QED) is 0.323. The van der Waals surface area contributed by atoms with Crippen LogP contribution < -0.4 is 32.9 Å². The van der Waals surface area contributed by atoms with E-state index in [-0.39, 0.29) is 17.0 Å². The van der Waals surface area contributed by atoms with Crippen molar-refractivity contribution in [3.8, 4) is 0 Å². The van der Waals surface area contributed by atoms with Crippen LogP contribution in [0.1, 0.15) is 40.0 Å². The van der Waals surface area contributed by atoms with Gasteiger partial charge in [0.15, 0.2) is 0 Å². The van der Waals surface area contributed by atoms with Gasteiger partial charge in [-0.3, -0.25) is 0 Å². The molecule has 0 saturated carbocycles. The summed E-state index contributed by atoms with van der Waals surface area (Å²) in [5.74, 6) is 0.785. The first-order valence-electron chi connectivity index (χ1n) is 10.8. The van der Waals surface area contributed by atoms with Crippen molar-refractivity contribution in [2.45, 2.75) is 40.0 Å². The Morgan fingerprint density at radius 2 is 1.13 bits per heavy atom. The van der Waals surface area contributed by atoms with E-state index in [1.54, 1.807) is 0 Å². The van der Waals surface area contributed by atoms with Crippen molar-refractivity contribution in [2.24, 2.45) is 5.92 Å². The van der Waals surface area contributed by atoms with Crippen LogP contribution in [0.25, 0.3) is 0 Å². The van der Waals surface area contributed by atoms with Crippen LogP contribution in [-0.4, -0.2) is 6.16 Å². The third kappa shape index (κ3) is 6.16. The molecule has 0 aliphatic heterocycles. The van der Waals surface area contributed by atoms with Crippen molar-refractivity contribution in [3.63, 3.8) is 0 Å². The summed E-state index contributed by atoms with van der Waals surface area (Å²) in [6.45, 7) is 6.95. The molecule has 3 aromatic rings. The Balaban J connectivity index is 0.00000320. The van der Waals surface area contributed by atoms with E-state index in [1.165, 1.54) is 40.7 Å². The molecule has 0 heterocycles. The van der Waals surface area contributed by atoms with Gasteiger partial charge in [-0.15, -0.1) is 0 Å². The molecule has 0 atom stereocenters. The van der Waals surface area contributed by atoms with E-state index in [4.69, 9.17) is 0 Å². The smallest absolute Gasteiger partial charge is 0.115 e. The topological polar surface area (TPSA) is 0 Å².